The number of rotatable bonds is 1. The molecular formula is C15H18N2O. The topological polar surface area (TPSA) is 48.0 Å². The van der Waals surface area contributed by atoms with Gasteiger partial charge in [-0.2, -0.15) is 0 Å². The third-order valence-corrected chi connectivity index (χ3v) is 4.10. The van der Waals surface area contributed by atoms with Crippen molar-refractivity contribution < 1.29 is 4.79 Å². The zero-order valence-corrected chi connectivity index (χ0v) is 10.9. The number of aromatic nitrogens is 1. The first-order valence-electron chi connectivity index (χ1n) is 6.46. The number of carbonyl (C=O) groups is 1. The first kappa shape index (κ1) is 11.3. The Balaban J connectivity index is 2.34. The van der Waals surface area contributed by atoms with Gasteiger partial charge < -0.3 is 10.3 Å². The maximum atomic E-state index is 11.6. The maximum absolute atomic E-state index is 11.6. The molecule has 1 heterocycles. The van der Waals surface area contributed by atoms with E-state index in [9.17, 15) is 4.79 Å². The summed E-state index contributed by atoms with van der Waals surface area (Å²) in [6, 6.07) is 6.48. The fraction of sp³-hybridized carbons (Fsp3) is 0.400. The van der Waals surface area contributed by atoms with Crippen molar-refractivity contribution in [2.24, 2.45) is 12.8 Å². The monoisotopic (exact) mass is 242 g/mol. The molecule has 3 rings (SSSR count). The highest BCUT2D eigenvalue weighted by atomic mass is 16.1. The smallest absolute Gasteiger partial charge is 0.226 e. The molecule has 1 aromatic carbocycles. The second-order valence-corrected chi connectivity index (χ2v) is 5.29. The Kier molecular flexibility index (Phi) is 2.44. The van der Waals surface area contributed by atoms with Crippen LogP contribution in [-0.2, 0) is 18.3 Å². The molecule has 0 fully saturated rings. The summed E-state index contributed by atoms with van der Waals surface area (Å²) in [4.78, 5) is 11.6. The van der Waals surface area contributed by atoms with Crippen molar-refractivity contribution in [3.05, 3.63) is 35.0 Å². The van der Waals surface area contributed by atoms with Gasteiger partial charge in [-0.1, -0.05) is 11.6 Å². The van der Waals surface area contributed by atoms with Gasteiger partial charge in [0.1, 0.15) is 0 Å². The van der Waals surface area contributed by atoms with Crippen LogP contribution in [0.15, 0.2) is 18.2 Å². The van der Waals surface area contributed by atoms with Crippen LogP contribution in [0.4, 0.5) is 0 Å². The number of fused-ring (bicyclic) bond motifs is 3. The quantitative estimate of drug-likeness (QED) is 0.820. The zero-order chi connectivity index (χ0) is 12.9. The molecule has 1 aliphatic carbocycles. The molecule has 0 saturated carbocycles. The first-order valence-corrected chi connectivity index (χ1v) is 6.46. The number of nitrogens with two attached hydrogens (primary N) is 1. The zero-order valence-electron chi connectivity index (χ0n) is 10.9. The highest BCUT2D eigenvalue weighted by Gasteiger charge is 2.29. The van der Waals surface area contributed by atoms with Gasteiger partial charge in [-0.05, 0) is 43.9 Å². The van der Waals surface area contributed by atoms with E-state index in [1.807, 2.05) is 7.05 Å². The number of benzene rings is 1. The van der Waals surface area contributed by atoms with Crippen molar-refractivity contribution in [2.45, 2.75) is 32.1 Å². The van der Waals surface area contributed by atoms with Crippen molar-refractivity contribution in [2.75, 3.05) is 0 Å². The molecule has 0 unspecified atom stereocenters. The van der Waals surface area contributed by atoms with E-state index < -0.39 is 0 Å². The lowest BCUT2D eigenvalue weighted by Crippen LogP contribution is -2.26. The summed E-state index contributed by atoms with van der Waals surface area (Å²) >= 11 is 0. The van der Waals surface area contributed by atoms with E-state index >= 15 is 0 Å². The van der Waals surface area contributed by atoms with Crippen LogP contribution < -0.4 is 5.73 Å². The molecule has 0 bridgehead atoms. The molecule has 3 nitrogen and oxygen atoms in total. The first-order chi connectivity index (χ1) is 8.59. The highest BCUT2D eigenvalue weighted by molar-refractivity contribution is 5.90. The summed E-state index contributed by atoms with van der Waals surface area (Å²) in [7, 11) is 2.04. The lowest BCUT2D eigenvalue weighted by Gasteiger charge is -2.21. The van der Waals surface area contributed by atoms with Gasteiger partial charge in [0.25, 0.3) is 0 Å². The van der Waals surface area contributed by atoms with Gasteiger partial charge in [0.15, 0.2) is 0 Å². The third-order valence-electron chi connectivity index (χ3n) is 4.10. The lowest BCUT2D eigenvalue weighted by atomic mass is 9.86. The van der Waals surface area contributed by atoms with E-state index in [0.29, 0.717) is 0 Å². The van der Waals surface area contributed by atoms with Crippen molar-refractivity contribution in [3.63, 3.8) is 0 Å². The summed E-state index contributed by atoms with van der Waals surface area (Å²) in [6.45, 7) is 2.10. The minimum atomic E-state index is -0.196. The van der Waals surface area contributed by atoms with Crippen molar-refractivity contribution in [1.82, 2.24) is 4.57 Å². The van der Waals surface area contributed by atoms with Crippen LogP contribution in [0.25, 0.3) is 10.9 Å². The summed E-state index contributed by atoms with van der Waals surface area (Å²) in [6.07, 6.45) is 2.99. The molecule has 1 aliphatic rings. The molecule has 0 radical (unpaired) electrons. The van der Waals surface area contributed by atoms with Crippen molar-refractivity contribution in [3.8, 4) is 0 Å². The molecule has 94 valence electrons. The van der Waals surface area contributed by atoms with E-state index in [0.717, 1.165) is 25.0 Å². The summed E-state index contributed by atoms with van der Waals surface area (Å²) < 4.78 is 2.15. The Hall–Kier alpha value is -1.77. The summed E-state index contributed by atoms with van der Waals surface area (Å²) in [5.41, 5.74) is 10.5. The van der Waals surface area contributed by atoms with Crippen LogP contribution in [0.3, 0.4) is 0 Å². The molecule has 1 atom stereocenters. The van der Waals surface area contributed by atoms with Crippen LogP contribution in [0.2, 0.25) is 0 Å². The van der Waals surface area contributed by atoms with E-state index in [2.05, 4.69) is 29.7 Å². The molecule has 2 aromatic rings. The van der Waals surface area contributed by atoms with Crippen LogP contribution in [0, 0.1) is 6.92 Å². The molecule has 1 aromatic heterocycles. The third kappa shape index (κ3) is 1.47. The SMILES string of the molecule is Cc1ccc2c(c1)c1c(n2C)[C@H](C(N)=O)CCC1. The standard InChI is InChI=1S/C15H18N2O/c1-9-6-7-13-12(8-9)10-4-3-5-11(15(16)18)14(10)17(13)2/h6-8,11H,3-5H2,1-2H3,(H2,16,18)/t11-/m1/s1. The fourth-order valence-corrected chi connectivity index (χ4v) is 3.26. The molecule has 1 amide bonds. The maximum Gasteiger partial charge on any atom is 0.226 e. The number of primary amides is 1. The van der Waals surface area contributed by atoms with Crippen LogP contribution in [0.5, 0.6) is 0 Å². The molecule has 0 spiro atoms. The van der Waals surface area contributed by atoms with E-state index in [1.165, 1.54) is 22.0 Å². The number of hydrogen-bond acceptors (Lipinski definition) is 1. The summed E-state index contributed by atoms with van der Waals surface area (Å²) in [5, 5.41) is 1.29. The highest BCUT2D eigenvalue weighted by Crippen LogP contribution is 2.38. The van der Waals surface area contributed by atoms with E-state index in [4.69, 9.17) is 5.73 Å². The molecule has 3 heteroatoms. The number of aryl methyl sites for hydroxylation is 3. The Labute approximate surface area is 107 Å². The van der Waals surface area contributed by atoms with Gasteiger partial charge in [-0.3, -0.25) is 4.79 Å². The molecule has 2 N–H and O–H groups in total. The largest absolute Gasteiger partial charge is 0.369 e. The number of hydrogen-bond donors (Lipinski definition) is 1. The van der Waals surface area contributed by atoms with E-state index in [1.54, 1.807) is 0 Å². The lowest BCUT2D eigenvalue weighted by molar-refractivity contribution is -0.119. The van der Waals surface area contributed by atoms with Gasteiger partial charge in [0, 0.05) is 23.6 Å². The minimum absolute atomic E-state index is 0.119. The Bertz CT molecular complexity index is 639. The van der Waals surface area contributed by atoms with E-state index in [-0.39, 0.29) is 11.8 Å². The van der Waals surface area contributed by atoms with Crippen LogP contribution in [0.1, 0.15) is 35.6 Å². The van der Waals surface area contributed by atoms with Crippen LogP contribution in [-0.4, -0.2) is 10.5 Å². The van der Waals surface area contributed by atoms with Gasteiger partial charge in [0.05, 0.1) is 5.92 Å². The average Bonchev–Trinajstić information content (AvgIpc) is 2.63. The van der Waals surface area contributed by atoms with Crippen molar-refractivity contribution in [1.29, 1.82) is 0 Å². The average molecular weight is 242 g/mol. The van der Waals surface area contributed by atoms with Gasteiger partial charge in [-0.25, -0.2) is 0 Å². The number of amides is 1. The van der Waals surface area contributed by atoms with Crippen LogP contribution >= 0.6 is 0 Å². The predicted molar refractivity (Wildman–Crippen MR) is 72.5 cm³/mol. The Morgan fingerprint density at radius 3 is 2.94 bits per heavy atom. The number of nitrogens with zero attached hydrogens (tertiary/aromatic N) is 1. The Morgan fingerprint density at radius 2 is 2.22 bits per heavy atom. The normalized spacial score (nSPS) is 18.9. The predicted octanol–water partition coefficient (Wildman–Crippen LogP) is 2.39. The van der Waals surface area contributed by atoms with Gasteiger partial charge in [0.2, 0.25) is 5.91 Å². The molecule has 0 aliphatic heterocycles. The molecular weight excluding hydrogens is 224 g/mol. The fourth-order valence-electron chi connectivity index (χ4n) is 3.26. The molecule has 18 heavy (non-hydrogen) atoms. The summed E-state index contributed by atoms with van der Waals surface area (Å²) in [5.74, 6) is -0.315. The van der Waals surface area contributed by atoms with Crippen molar-refractivity contribution >= 4 is 16.8 Å². The van der Waals surface area contributed by atoms with Gasteiger partial charge >= 0.3 is 0 Å². The Morgan fingerprint density at radius 1 is 1.44 bits per heavy atom. The number of carbonyl (C=O) groups excluding carboxylic acids is 1. The second-order valence-electron chi connectivity index (χ2n) is 5.29. The second kappa shape index (κ2) is 3.87. The molecule has 0 saturated heterocycles. The minimum Gasteiger partial charge on any atom is -0.369 e. The van der Waals surface area contributed by atoms with Gasteiger partial charge in [-0.15, -0.1) is 0 Å².